The number of imidazole rings is 1. The van der Waals surface area contributed by atoms with Crippen LogP contribution in [-0.4, -0.2) is 40.0 Å². The molecule has 0 bridgehead atoms. The molecule has 2 amide bonds. The number of ether oxygens (including phenoxy) is 1. The van der Waals surface area contributed by atoms with E-state index >= 15 is 0 Å². The summed E-state index contributed by atoms with van der Waals surface area (Å²) in [7, 11) is 1.30. The minimum Gasteiger partial charge on any atom is -0.467 e. The van der Waals surface area contributed by atoms with E-state index in [0.29, 0.717) is 17.1 Å². The summed E-state index contributed by atoms with van der Waals surface area (Å²) in [4.78, 5) is 33.2. The van der Waals surface area contributed by atoms with Crippen molar-refractivity contribution in [1.29, 1.82) is 0 Å². The maximum atomic E-state index is 12.6. The number of benzene rings is 1. The highest BCUT2D eigenvalue weighted by atomic mass is 35.5. The second-order valence-electron chi connectivity index (χ2n) is 5.14. The molecule has 0 saturated heterocycles. The number of fused-ring (bicyclic) bond motifs is 1. The number of nitrogens with one attached hydrogen (secondary N) is 2. The van der Waals surface area contributed by atoms with Gasteiger partial charge in [0.15, 0.2) is 0 Å². The van der Waals surface area contributed by atoms with Crippen molar-refractivity contribution < 1.29 is 14.3 Å². The van der Waals surface area contributed by atoms with Crippen LogP contribution in [0.2, 0.25) is 5.02 Å². The minimum atomic E-state index is -0.713. The maximum absolute atomic E-state index is 12.6. The third-order valence-corrected chi connectivity index (χ3v) is 3.94. The number of esters is 1. The molecule has 120 valence electrons. The van der Waals surface area contributed by atoms with E-state index in [1.165, 1.54) is 12.0 Å². The predicted octanol–water partition coefficient (Wildman–Crippen LogP) is 2.19. The van der Waals surface area contributed by atoms with Crippen molar-refractivity contribution in [3.63, 3.8) is 0 Å². The molecule has 0 spiro atoms. The third-order valence-electron chi connectivity index (χ3n) is 3.71. The number of carbonyl (C=O) groups excluding carboxylic acids is 2. The summed E-state index contributed by atoms with van der Waals surface area (Å²) in [6, 6.07) is 5.70. The molecule has 23 heavy (non-hydrogen) atoms. The van der Waals surface area contributed by atoms with E-state index in [0.717, 1.165) is 11.4 Å². The van der Waals surface area contributed by atoms with Crippen LogP contribution in [0, 0.1) is 0 Å². The average Bonchev–Trinajstić information content (AvgIpc) is 3.00. The highest BCUT2D eigenvalue weighted by Crippen LogP contribution is 2.23. The molecule has 1 unspecified atom stereocenters. The molecule has 0 radical (unpaired) electrons. The summed E-state index contributed by atoms with van der Waals surface area (Å²) < 4.78 is 4.81. The molecule has 1 aromatic heterocycles. The smallest absolute Gasteiger partial charge is 0.329 e. The van der Waals surface area contributed by atoms with Crippen molar-refractivity contribution in [2.75, 3.05) is 12.4 Å². The Morgan fingerprint density at radius 2 is 2.30 bits per heavy atom. The summed E-state index contributed by atoms with van der Waals surface area (Å²) in [5.41, 5.74) is 2.14. The molecule has 8 heteroatoms. The van der Waals surface area contributed by atoms with E-state index < -0.39 is 18.0 Å². The number of rotatable bonds is 2. The molecule has 1 aliphatic heterocycles. The van der Waals surface area contributed by atoms with Crippen LogP contribution in [0.1, 0.15) is 11.4 Å². The molecule has 2 aromatic rings. The van der Waals surface area contributed by atoms with Gasteiger partial charge in [0.2, 0.25) is 0 Å². The van der Waals surface area contributed by atoms with Crippen LogP contribution in [0.4, 0.5) is 10.5 Å². The van der Waals surface area contributed by atoms with Gasteiger partial charge >= 0.3 is 12.0 Å². The number of aromatic nitrogens is 2. The first kappa shape index (κ1) is 15.4. The van der Waals surface area contributed by atoms with Gasteiger partial charge in [-0.25, -0.2) is 14.6 Å². The topological polar surface area (TPSA) is 87.3 Å². The zero-order chi connectivity index (χ0) is 16.4. The van der Waals surface area contributed by atoms with Crippen molar-refractivity contribution in [3.05, 3.63) is 47.0 Å². The molecule has 3 rings (SSSR count). The van der Waals surface area contributed by atoms with E-state index in [-0.39, 0.29) is 6.54 Å². The van der Waals surface area contributed by atoms with Crippen molar-refractivity contribution in [3.8, 4) is 0 Å². The summed E-state index contributed by atoms with van der Waals surface area (Å²) in [6.07, 6.45) is 1.87. The Bertz CT molecular complexity index is 746. The Morgan fingerprint density at radius 1 is 1.48 bits per heavy atom. The van der Waals surface area contributed by atoms with Gasteiger partial charge in [0.05, 0.1) is 31.4 Å². The van der Waals surface area contributed by atoms with Crippen LogP contribution < -0.4 is 5.32 Å². The lowest BCUT2D eigenvalue weighted by Gasteiger charge is -2.33. The molecule has 1 aliphatic rings. The molecule has 2 heterocycles. The molecular weight excluding hydrogens is 320 g/mol. The number of aromatic amines is 1. The lowest BCUT2D eigenvalue weighted by Crippen LogP contribution is -2.50. The lowest BCUT2D eigenvalue weighted by atomic mass is 10.0. The van der Waals surface area contributed by atoms with Crippen LogP contribution >= 0.6 is 11.6 Å². The first-order valence-electron chi connectivity index (χ1n) is 7.00. The number of nitrogens with zero attached hydrogens (tertiary/aromatic N) is 2. The van der Waals surface area contributed by atoms with Gasteiger partial charge in [0, 0.05) is 17.1 Å². The fourth-order valence-electron chi connectivity index (χ4n) is 2.56. The summed E-state index contributed by atoms with van der Waals surface area (Å²) in [6.45, 7) is 0.251. The molecular formula is C15H15ClN4O3. The SMILES string of the molecule is COC(=O)C1Cc2nc[nH]c2CN1C(=O)Nc1cccc(Cl)c1. The molecule has 0 aliphatic carbocycles. The van der Waals surface area contributed by atoms with Crippen LogP contribution in [0.5, 0.6) is 0 Å². The first-order valence-corrected chi connectivity index (χ1v) is 7.38. The zero-order valence-corrected chi connectivity index (χ0v) is 13.1. The van der Waals surface area contributed by atoms with Crippen molar-refractivity contribution >= 4 is 29.3 Å². The Balaban J connectivity index is 1.83. The molecule has 2 N–H and O–H groups in total. The normalized spacial score (nSPS) is 16.6. The fourth-order valence-corrected chi connectivity index (χ4v) is 2.75. The van der Waals surface area contributed by atoms with E-state index in [9.17, 15) is 9.59 Å². The quantitative estimate of drug-likeness (QED) is 0.824. The van der Waals surface area contributed by atoms with Gasteiger partial charge in [-0.15, -0.1) is 0 Å². The highest BCUT2D eigenvalue weighted by Gasteiger charge is 2.36. The Morgan fingerprint density at radius 3 is 3.04 bits per heavy atom. The second-order valence-corrected chi connectivity index (χ2v) is 5.58. The monoisotopic (exact) mass is 334 g/mol. The number of methoxy groups -OCH3 is 1. The van der Waals surface area contributed by atoms with Gasteiger partial charge in [-0.3, -0.25) is 0 Å². The molecule has 7 nitrogen and oxygen atoms in total. The number of hydrogen-bond acceptors (Lipinski definition) is 4. The van der Waals surface area contributed by atoms with Gasteiger partial charge in [0.25, 0.3) is 0 Å². The lowest BCUT2D eigenvalue weighted by molar-refractivity contribution is -0.146. The van der Waals surface area contributed by atoms with Crippen LogP contribution in [-0.2, 0) is 22.5 Å². The second kappa shape index (κ2) is 6.29. The number of amides is 2. The molecule has 1 atom stereocenters. The van der Waals surface area contributed by atoms with Gasteiger partial charge < -0.3 is 19.9 Å². The van der Waals surface area contributed by atoms with Gasteiger partial charge in [0.1, 0.15) is 6.04 Å². The number of H-pyrrole nitrogens is 1. The van der Waals surface area contributed by atoms with Gasteiger partial charge in [-0.1, -0.05) is 17.7 Å². The molecule has 1 aromatic carbocycles. The standard InChI is InChI=1S/C15H15ClN4O3/c1-23-14(21)13-6-11-12(18-8-17-11)7-20(13)15(22)19-10-4-2-3-9(16)5-10/h2-5,8,13H,6-7H2,1H3,(H,17,18)(H,19,22). The van der Waals surface area contributed by atoms with Crippen molar-refractivity contribution in [2.45, 2.75) is 19.0 Å². The summed E-state index contributed by atoms with van der Waals surface area (Å²) in [5, 5.41) is 3.26. The summed E-state index contributed by atoms with van der Waals surface area (Å²) >= 11 is 5.92. The maximum Gasteiger partial charge on any atom is 0.329 e. The number of carbonyl (C=O) groups is 2. The number of anilines is 1. The Kier molecular flexibility index (Phi) is 4.20. The zero-order valence-electron chi connectivity index (χ0n) is 12.4. The van der Waals surface area contributed by atoms with Crippen LogP contribution in [0.3, 0.4) is 0 Å². The van der Waals surface area contributed by atoms with Crippen molar-refractivity contribution in [1.82, 2.24) is 14.9 Å². The average molecular weight is 335 g/mol. The highest BCUT2D eigenvalue weighted by molar-refractivity contribution is 6.30. The van der Waals surface area contributed by atoms with E-state index in [2.05, 4.69) is 15.3 Å². The number of halogens is 1. The van der Waals surface area contributed by atoms with Crippen LogP contribution in [0.15, 0.2) is 30.6 Å². The Hall–Kier alpha value is -2.54. The largest absolute Gasteiger partial charge is 0.467 e. The minimum absolute atomic E-state index is 0.251. The van der Waals surface area contributed by atoms with E-state index in [1.807, 2.05) is 0 Å². The Labute approximate surface area is 137 Å². The fraction of sp³-hybridized carbons (Fsp3) is 0.267. The third kappa shape index (κ3) is 3.14. The number of hydrogen-bond donors (Lipinski definition) is 2. The molecule has 0 saturated carbocycles. The van der Waals surface area contributed by atoms with E-state index in [1.54, 1.807) is 30.6 Å². The predicted molar refractivity (Wildman–Crippen MR) is 84.1 cm³/mol. The summed E-state index contributed by atoms with van der Waals surface area (Å²) in [5.74, 6) is -0.472. The molecule has 0 fully saturated rings. The van der Waals surface area contributed by atoms with Gasteiger partial charge in [-0.05, 0) is 18.2 Å². The number of urea groups is 1. The van der Waals surface area contributed by atoms with Crippen molar-refractivity contribution in [2.24, 2.45) is 0 Å². The first-order chi connectivity index (χ1) is 11.1. The van der Waals surface area contributed by atoms with E-state index in [4.69, 9.17) is 16.3 Å². The van der Waals surface area contributed by atoms with Gasteiger partial charge in [-0.2, -0.15) is 0 Å². The van der Waals surface area contributed by atoms with Crippen LogP contribution in [0.25, 0.3) is 0 Å².